The van der Waals surface area contributed by atoms with Gasteiger partial charge in [-0.2, -0.15) is 17.5 Å². The molecule has 120 valence electrons. The van der Waals surface area contributed by atoms with E-state index in [9.17, 15) is 21.6 Å². The van der Waals surface area contributed by atoms with Gasteiger partial charge in [0.15, 0.2) is 0 Å². The van der Waals surface area contributed by atoms with Crippen molar-refractivity contribution in [3.63, 3.8) is 0 Å². The van der Waals surface area contributed by atoms with Crippen LogP contribution in [0.25, 0.3) is 0 Å². The van der Waals surface area contributed by atoms with E-state index in [1.807, 2.05) is 0 Å². The predicted molar refractivity (Wildman–Crippen MR) is 75.1 cm³/mol. The molecule has 0 spiro atoms. The lowest BCUT2D eigenvalue weighted by atomic mass is 10.2. The number of alkyl halides is 3. The molecule has 1 aromatic carbocycles. The second kappa shape index (κ2) is 6.29. The fourth-order valence-electron chi connectivity index (χ4n) is 2.10. The Balaban J connectivity index is 0.00000220. The van der Waals surface area contributed by atoms with Crippen molar-refractivity contribution in [2.45, 2.75) is 23.5 Å². The van der Waals surface area contributed by atoms with Gasteiger partial charge in [0.2, 0.25) is 10.0 Å². The molecule has 0 saturated carbocycles. The van der Waals surface area contributed by atoms with E-state index in [4.69, 9.17) is 17.3 Å². The molecule has 0 unspecified atom stereocenters. The summed E-state index contributed by atoms with van der Waals surface area (Å²) in [6.45, 7) is 0.0802. The monoisotopic (exact) mass is 364 g/mol. The summed E-state index contributed by atoms with van der Waals surface area (Å²) in [7, 11) is -4.31. The second-order valence-corrected chi connectivity index (χ2v) is 6.81. The summed E-state index contributed by atoms with van der Waals surface area (Å²) in [6, 6.07) is 2.52. The van der Waals surface area contributed by atoms with Crippen LogP contribution >= 0.6 is 24.0 Å². The van der Waals surface area contributed by atoms with E-state index in [1.165, 1.54) is 0 Å². The molecule has 1 aliphatic heterocycles. The van der Waals surface area contributed by atoms with E-state index in [-0.39, 0.29) is 31.5 Å². The number of hydrogen-bond acceptors (Lipinski definition) is 3. The number of halogens is 5. The van der Waals surface area contributed by atoms with Crippen molar-refractivity contribution in [3.05, 3.63) is 28.8 Å². The highest BCUT2D eigenvalue weighted by molar-refractivity contribution is 7.89. The molecule has 1 aromatic rings. The summed E-state index contributed by atoms with van der Waals surface area (Å²) in [5, 5.41) is -0.444. The molecule has 21 heavy (non-hydrogen) atoms. The summed E-state index contributed by atoms with van der Waals surface area (Å²) in [4.78, 5) is -0.900. The van der Waals surface area contributed by atoms with Gasteiger partial charge in [0.1, 0.15) is 4.90 Å². The van der Waals surface area contributed by atoms with E-state index in [0.29, 0.717) is 12.5 Å². The summed E-state index contributed by atoms with van der Waals surface area (Å²) >= 11 is 5.70. The first-order valence-corrected chi connectivity index (χ1v) is 7.57. The summed E-state index contributed by atoms with van der Waals surface area (Å²) in [5.74, 6) is 0. The highest BCUT2D eigenvalue weighted by atomic mass is 35.5. The fraction of sp³-hybridized carbons (Fsp3) is 0.455. The Hall–Kier alpha value is -0.540. The second-order valence-electron chi connectivity index (χ2n) is 4.53. The maximum absolute atomic E-state index is 13.0. The van der Waals surface area contributed by atoms with Gasteiger partial charge in [0.05, 0.1) is 10.6 Å². The Morgan fingerprint density at radius 2 is 1.95 bits per heavy atom. The lowest BCUT2D eigenvalue weighted by molar-refractivity contribution is -0.139. The van der Waals surface area contributed by atoms with E-state index < -0.39 is 31.7 Å². The molecule has 0 aliphatic carbocycles. The lowest BCUT2D eigenvalue weighted by Gasteiger charge is -2.20. The molecule has 0 aromatic heterocycles. The average molecular weight is 365 g/mol. The maximum atomic E-state index is 13.0. The molecule has 0 radical (unpaired) electrons. The molecule has 2 rings (SSSR count). The van der Waals surface area contributed by atoms with Crippen LogP contribution in [0.1, 0.15) is 12.0 Å². The number of rotatable bonds is 2. The van der Waals surface area contributed by atoms with Crippen LogP contribution in [0.4, 0.5) is 13.2 Å². The maximum Gasteiger partial charge on any atom is 0.417 e. The van der Waals surface area contributed by atoms with Crippen molar-refractivity contribution >= 4 is 34.0 Å². The highest BCUT2D eigenvalue weighted by Gasteiger charge is 2.41. The van der Waals surface area contributed by atoms with Crippen molar-refractivity contribution < 1.29 is 21.6 Å². The van der Waals surface area contributed by atoms with Crippen LogP contribution in [-0.2, 0) is 16.2 Å². The van der Waals surface area contributed by atoms with Crippen LogP contribution in [0, 0.1) is 0 Å². The standard InChI is InChI=1S/C11H12ClF3N2O2S.ClH/c12-9-3-1-2-8(11(13,14)15)10(9)20(18,19)17-5-4-7(16)6-17;/h1-3,7H,4-6,16H2;1H/t7-;/m1./s1. The van der Waals surface area contributed by atoms with Gasteiger partial charge in [-0.3, -0.25) is 0 Å². The number of nitrogens with zero attached hydrogens (tertiary/aromatic N) is 1. The zero-order valence-corrected chi connectivity index (χ0v) is 13.0. The smallest absolute Gasteiger partial charge is 0.326 e. The van der Waals surface area contributed by atoms with Crippen molar-refractivity contribution in [1.82, 2.24) is 4.31 Å². The number of benzene rings is 1. The zero-order chi connectivity index (χ0) is 15.1. The molecule has 0 amide bonds. The molecule has 0 bridgehead atoms. The molecule has 4 nitrogen and oxygen atoms in total. The van der Waals surface area contributed by atoms with E-state index in [0.717, 1.165) is 16.4 Å². The van der Waals surface area contributed by atoms with Crippen LogP contribution in [-0.4, -0.2) is 31.9 Å². The van der Waals surface area contributed by atoms with E-state index >= 15 is 0 Å². The Kier molecular flexibility index (Phi) is 5.55. The van der Waals surface area contributed by atoms with Gasteiger partial charge >= 0.3 is 6.18 Å². The van der Waals surface area contributed by atoms with Crippen LogP contribution in [0.2, 0.25) is 5.02 Å². The molecule has 1 saturated heterocycles. The van der Waals surface area contributed by atoms with Crippen LogP contribution in [0.3, 0.4) is 0 Å². The van der Waals surface area contributed by atoms with Crippen LogP contribution < -0.4 is 5.73 Å². The molecule has 1 fully saturated rings. The van der Waals surface area contributed by atoms with Crippen molar-refractivity contribution in [2.75, 3.05) is 13.1 Å². The highest BCUT2D eigenvalue weighted by Crippen LogP contribution is 2.39. The minimum atomic E-state index is -4.80. The first kappa shape index (κ1) is 18.5. The zero-order valence-electron chi connectivity index (χ0n) is 10.6. The Morgan fingerprint density at radius 1 is 1.33 bits per heavy atom. The average Bonchev–Trinajstić information content (AvgIpc) is 2.74. The van der Waals surface area contributed by atoms with Crippen LogP contribution in [0.15, 0.2) is 23.1 Å². The van der Waals surface area contributed by atoms with Gasteiger partial charge < -0.3 is 5.73 Å². The molecule has 2 N–H and O–H groups in total. The van der Waals surface area contributed by atoms with E-state index in [1.54, 1.807) is 0 Å². The summed E-state index contributed by atoms with van der Waals surface area (Å²) in [6.07, 6.45) is -4.39. The first-order valence-electron chi connectivity index (χ1n) is 5.75. The fourth-order valence-corrected chi connectivity index (χ4v) is 4.33. The van der Waals surface area contributed by atoms with Gasteiger partial charge in [0, 0.05) is 19.1 Å². The number of nitrogens with two attached hydrogens (primary N) is 1. The Bertz CT molecular complexity index is 622. The molecule has 10 heteroatoms. The Labute approximate surface area is 131 Å². The molecular formula is C11H13Cl2F3N2O2S. The van der Waals surface area contributed by atoms with Gasteiger partial charge in [-0.15, -0.1) is 12.4 Å². The van der Waals surface area contributed by atoms with Crippen molar-refractivity contribution in [3.8, 4) is 0 Å². The summed E-state index contributed by atoms with van der Waals surface area (Å²) < 4.78 is 64.5. The van der Waals surface area contributed by atoms with Crippen LogP contribution in [0.5, 0.6) is 0 Å². The minimum Gasteiger partial charge on any atom is -0.326 e. The number of sulfonamides is 1. The van der Waals surface area contributed by atoms with Gasteiger partial charge in [0.25, 0.3) is 0 Å². The topological polar surface area (TPSA) is 63.4 Å². The van der Waals surface area contributed by atoms with E-state index in [2.05, 4.69) is 0 Å². The summed E-state index contributed by atoms with van der Waals surface area (Å²) in [5.41, 5.74) is 4.34. The predicted octanol–water partition coefficient (Wildman–Crippen LogP) is 2.50. The lowest BCUT2D eigenvalue weighted by Crippen LogP contribution is -2.33. The quantitative estimate of drug-likeness (QED) is 0.876. The van der Waals surface area contributed by atoms with Crippen molar-refractivity contribution in [1.29, 1.82) is 0 Å². The first-order chi connectivity index (χ1) is 9.14. The third-order valence-electron chi connectivity index (χ3n) is 3.06. The normalized spacial score (nSPS) is 20.3. The largest absolute Gasteiger partial charge is 0.417 e. The number of hydrogen-bond donors (Lipinski definition) is 1. The molecule has 1 atom stereocenters. The third kappa shape index (κ3) is 3.62. The molecule has 1 heterocycles. The SMILES string of the molecule is Cl.N[C@@H]1CCN(S(=O)(=O)c2c(Cl)cccc2C(F)(F)F)C1. The van der Waals surface area contributed by atoms with Gasteiger partial charge in [-0.05, 0) is 18.6 Å². The Morgan fingerprint density at radius 3 is 2.43 bits per heavy atom. The third-order valence-corrected chi connectivity index (χ3v) is 5.45. The van der Waals surface area contributed by atoms with Crippen molar-refractivity contribution in [2.24, 2.45) is 5.73 Å². The van der Waals surface area contributed by atoms with Gasteiger partial charge in [-0.25, -0.2) is 8.42 Å². The molecule has 1 aliphatic rings. The van der Waals surface area contributed by atoms with Gasteiger partial charge in [-0.1, -0.05) is 17.7 Å². The minimum absolute atomic E-state index is 0. The molecular weight excluding hydrogens is 352 g/mol.